The Balaban J connectivity index is 2.22. The third-order valence-electron chi connectivity index (χ3n) is 2.05. The van der Waals surface area contributed by atoms with Gasteiger partial charge in [-0.15, -0.1) is 11.3 Å². The van der Waals surface area contributed by atoms with Crippen molar-refractivity contribution in [1.82, 2.24) is 10.3 Å². The highest BCUT2D eigenvalue weighted by Gasteiger charge is 2.05. The topological polar surface area (TPSA) is 24.9 Å². The minimum Gasteiger partial charge on any atom is -0.309 e. The van der Waals surface area contributed by atoms with Crippen molar-refractivity contribution in [3.63, 3.8) is 0 Å². The molecule has 0 aromatic carbocycles. The van der Waals surface area contributed by atoms with Gasteiger partial charge in [-0.25, -0.2) is 0 Å². The molecule has 1 aromatic rings. The molecule has 0 spiro atoms. The van der Waals surface area contributed by atoms with Crippen LogP contribution in [-0.2, 0) is 0 Å². The summed E-state index contributed by atoms with van der Waals surface area (Å²) in [6.07, 6.45) is 3.18. The highest BCUT2D eigenvalue weighted by atomic mass is 32.1. The molecule has 0 amide bonds. The van der Waals surface area contributed by atoms with E-state index >= 15 is 0 Å². The van der Waals surface area contributed by atoms with Crippen molar-refractivity contribution in [1.29, 1.82) is 0 Å². The van der Waals surface area contributed by atoms with Gasteiger partial charge in [0.2, 0.25) is 0 Å². The summed E-state index contributed by atoms with van der Waals surface area (Å²) in [5.74, 6) is 0.779. The fourth-order valence-corrected chi connectivity index (χ4v) is 1.78. The van der Waals surface area contributed by atoms with Crippen molar-refractivity contribution in [3.8, 4) is 0 Å². The number of aromatic nitrogens is 1. The Morgan fingerprint density at radius 1 is 1.46 bits per heavy atom. The minimum absolute atomic E-state index is 0.450. The fraction of sp³-hybridized carbons (Fsp3) is 0.700. The summed E-state index contributed by atoms with van der Waals surface area (Å²) in [7, 11) is 0. The number of hydrogen-bond acceptors (Lipinski definition) is 3. The highest BCUT2D eigenvalue weighted by Crippen LogP contribution is 2.16. The number of hydrogen-bond donors (Lipinski definition) is 1. The Bertz CT molecular complexity index is 219. The van der Waals surface area contributed by atoms with Crippen LogP contribution in [0, 0.1) is 5.92 Å². The second-order valence-corrected chi connectivity index (χ2v) is 4.68. The predicted octanol–water partition coefficient (Wildman–Crippen LogP) is 2.84. The number of nitrogens with zero attached hydrogens (tertiary/aromatic N) is 1. The van der Waals surface area contributed by atoms with Gasteiger partial charge in [-0.05, 0) is 25.8 Å². The molecule has 1 N–H and O–H groups in total. The smallest absolute Gasteiger partial charge is 0.0794 e. The summed E-state index contributed by atoms with van der Waals surface area (Å²) < 4.78 is 0. The van der Waals surface area contributed by atoms with E-state index in [2.05, 4.69) is 31.1 Å². The zero-order valence-electron chi connectivity index (χ0n) is 8.58. The normalized spacial score (nSPS) is 13.5. The van der Waals surface area contributed by atoms with Gasteiger partial charge in [0.1, 0.15) is 0 Å². The molecule has 2 nitrogen and oxygen atoms in total. The van der Waals surface area contributed by atoms with Crippen LogP contribution < -0.4 is 5.32 Å². The van der Waals surface area contributed by atoms with E-state index < -0.39 is 0 Å². The Kier molecular flexibility index (Phi) is 4.39. The van der Waals surface area contributed by atoms with E-state index in [1.807, 2.05) is 11.7 Å². The van der Waals surface area contributed by atoms with Crippen LogP contribution in [0.2, 0.25) is 0 Å². The molecule has 1 heterocycles. The van der Waals surface area contributed by atoms with Crippen molar-refractivity contribution in [3.05, 3.63) is 16.6 Å². The summed E-state index contributed by atoms with van der Waals surface area (Å²) in [5.41, 5.74) is 1.88. The zero-order chi connectivity index (χ0) is 9.68. The summed E-state index contributed by atoms with van der Waals surface area (Å²) in [6.45, 7) is 7.78. The van der Waals surface area contributed by atoms with E-state index in [9.17, 15) is 0 Å². The second kappa shape index (κ2) is 5.35. The van der Waals surface area contributed by atoms with Crippen LogP contribution in [0.5, 0.6) is 0 Å². The van der Waals surface area contributed by atoms with Gasteiger partial charge >= 0.3 is 0 Å². The Labute approximate surface area is 84.4 Å². The van der Waals surface area contributed by atoms with Crippen LogP contribution in [0.25, 0.3) is 0 Å². The predicted molar refractivity (Wildman–Crippen MR) is 58.0 cm³/mol. The molecule has 0 saturated carbocycles. The largest absolute Gasteiger partial charge is 0.309 e. The third kappa shape index (κ3) is 3.87. The molecule has 3 heteroatoms. The molecule has 74 valence electrons. The lowest BCUT2D eigenvalue weighted by Gasteiger charge is -2.12. The summed E-state index contributed by atoms with van der Waals surface area (Å²) in [4.78, 5) is 5.39. The standard InChI is InChI=1S/C10H18N2S/c1-8(2)4-5-12-9(3)10-6-11-7-13-10/h6-9,12H,4-5H2,1-3H3. The Hall–Kier alpha value is -0.410. The summed E-state index contributed by atoms with van der Waals surface area (Å²) >= 11 is 1.72. The molecule has 1 atom stereocenters. The lowest BCUT2D eigenvalue weighted by Crippen LogP contribution is -2.20. The lowest BCUT2D eigenvalue weighted by molar-refractivity contribution is 0.500. The lowest BCUT2D eigenvalue weighted by atomic mass is 10.1. The molecule has 1 unspecified atom stereocenters. The molecule has 0 fully saturated rings. The highest BCUT2D eigenvalue weighted by molar-refractivity contribution is 7.09. The van der Waals surface area contributed by atoms with Gasteiger partial charge in [-0.3, -0.25) is 4.98 Å². The maximum absolute atomic E-state index is 4.06. The van der Waals surface area contributed by atoms with Crippen LogP contribution in [0.15, 0.2) is 11.7 Å². The molecular weight excluding hydrogens is 180 g/mol. The van der Waals surface area contributed by atoms with Gasteiger partial charge in [-0.1, -0.05) is 13.8 Å². The van der Waals surface area contributed by atoms with Crippen molar-refractivity contribution in [2.45, 2.75) is 33.2 Å². The first-order chi connectivity index (χ1) is 6.20. The molecule has 1 rings (SSSR count). The first-order valence-electron chi connectivity index (χ1n) is 4.82. The van der Waals surface area contributed by atoms with E-state index in [1.165, 1.54) is 11.3 Å². The maximum atomic E-state index is 4.06. The number of thiazole rings is 1. The van der Waals surface area contributed by atoms with E-state index in [4.69, 9.17) is 0 Å². The molecule has 1 aromatic heterocycles. The van der Waals surface area contributed by atoms with Crippen LogP contribution in [0.4, 0.5) is 0 Å². The Morgan fingerprint density at radius 2 is 2.23 bits per heavy atom. The fourth-order valence-electron chi connectivity index (χ4n) is 1.13. The molecule has 0 saturated heterocycles. The number of nitrogens with one attached hydrogen (secondary N) is 1. The van der Waals surface area contributed by atoms with Gasteiger partial charge < -0.3 is 5.32 Å². The quantitative estimate of drug-likeness (QED) is 0.787. The first kappa shape index (κ1) is 10.7. The third-order valence-corrected chi connectivity index (χ3v) is 3.01. The Morgan fingerprint density at radius 3 is 2.77 bits per heavy atom. The summed E-state index contributed by atoms with van der Waals surface area (Å²) in [5, 5.41) is 3.49. The second-order valence-electron chi connectivity index (χ2n) is 3.76. The van der Waals surface area contributed by atoms with Crippen molar-refractivity contribution in [2.75, 3.05) is 6.54 Å². The van der Waals surface area contributed by atoms with Crippen LogP contribution in [0.1, 0.15) is 38.1 Å². The van der Waals surface area contributed by atoms with Crippen molar-refractivity contribution in [2.24, 2.45) is 5.92 Å². The number of rotatable bonds is 5. The average Bonchev–Trinajstić information content (AvgIpc) is 2.55. The molecule has 0 bridgehead atoms. The summed E-state index contributed by atoms with van der Waals surface area (Å²) in [6, 6.07) is 0.450. The molecule has 13 heavy (non-hydrogen) atoms. The molecular formula is C10H18N2S. The average molecular weight is 198 g/mol. The minimum atomic E-state index is 0.450. The molecule has 0 aliphatic rings. The van der Waals surface area contributed by atoms with Crippen molar-refractivity contribution < 1.29 is 0 Å². The monoisotopic (exact) mass is 198 g/mol. The van der Waals surface area contributed by atoms with Crippen LogP contribution in [0.3, 0.4) is 0 Å². The SMILES string of the molecule is CC(C)CCNC(C)c1cncs1. The van der Waals surface area contributed by atoms with Gasteiger partial charge in [-0.2, -0.15) is 0 Å². The van der Waals surface area contributed by atoms with Crippen LogP contribution >= 0.6 is 11.3 Å². The molecule has 0 aliphatic carbocycles. The van der Waals surface area contributed by atoms with Gasteiger partial charge in [0.05, 0.1) is 5.51 Å². The maximum Gasteiger partial charge on any atom is 0.0794 e. The molecule has 0 aliphatic heterocycles. The van der Waals surface area contributed by atoms with Crippen LogP contribution in [-0.4, -0.2) is 11.5 Å². The van der Waals surface area contributed by atoms with Gasteiger partial charge in [0.15, 0.2) is 0 Å². The zero-order valence-corrected chi connectivity index (χ0v) is 9.40. The van der Waals surface area contributed by atoms with Gasteiger partial charge in [0, 0.05) is 17.1 Å². The van der Waals surface area contributed by atoms with E-state index in [0.29, 0.717) is 6.04 Å². The van der Waals surface area contributed by atoms with E-state index in [1.54, 1.807) is 11.3 Å². The molecule has 0 radical (unpaired) electrons. The van der Waals surface area contributed by atoms with E-state index in [-0.39, 0.29) is 0 Å². The van der Waals surface area contributed by atoms with E-state index in [0.717, 1.165) is 12.5 Å². The first-order valence-corrected chi connectivity index (χ1v) is 5.70. The van der Waals surface area contributed by atoms with Gasteiger partial charge in [0.25, 0.3) is 0 Å². The van der Waals surface area contributed by atoms with Crippen molar-refractivity contribution >= 4 is 11.3 Å².